The summed E-state index contributed by atoms with van der Waals surface area (Å²) < 4.78 is 3.86. The van der Waals surface area contributed by atoms with Gasteiger partial charge < -0.3 is 0 Å². The molecule has 15 heavy (non-hydrogen) atoms. The van der Waals surface area contributed by atoms with Crippen LogP contribution in [0, 0.1) is 6.92 Å². The van der Waals surface area contributed by atoms with Crippen molar-refractivity contribution in [3.8, 4) is 0 Å². The zero-order valence-electron chi connectivity index (χ0n) is 9.09. The van der Waals surface area contributed by atoms with Gasteiger partial charge in [-0.1, -0.05) is 6.92 Å². The van der Waals surface area contributed by atoms with Crippen LogP contribution in [0.5, 0.6) is 0 Å². The van der Waals surface area contributed by atoms with Gasteiger partial charge in [-0.25, -0.2) is 9.67 Å². The average Bonchev–Trinajstić information content (AvgIpc) is 2.80. The Morgan fingerprint density at radius 3 is 2.80 bits per heavy atom. The molecule has 80 valence electrons. The van der Waals surface area contributed by atoms with Crippen molar-refractivity contribution in [1.82, 2.24) is 24.5 Å². The molecular formula is C10H15N5. The molecule has 2 aromatic rings. The normalized spacial score (nSPS) is 10.8. The zero-order chi connectivity index (χ0) is 10.7. The van der Waals surface area contributed by atoms with E-state index in [2.05, 4.69) is 22.1 Å². The van der Waals surface area contributed by atoms with Crippen LogP contribution >= 0.6 is 0 Å². The highest BCUT2D eigenvalue weighted by Crippen LogP contribution is 2.02. The summed E-state index contributed by atoms with van der Waals surface area (Å²) in [6, 6.07) is 1.99. The highest BCUT2D eigenvalue weighted by atomic mass is 15.4. The lowest BCUT2D eigenvalue weighted by Crippen LogP contribution is -2.11. The Hall–Kier alpha value is -1.65. The summed E-state index contributed by atoms with van der Waals surface area (Å²) in [5, 5.41) is 8.41. The molecular weight excluding hydrogens is 190 g/mol. The van der Waals surface area contributed by atoms with E-state index in [1.807, 2.05) is 22.4 Å². The van der Waals surface area contributed by atoms with E-state index >= 15 is 0 Å². The number of rotatable bonds is 4. The SMILES string of the molecule is CCCn1ncnc1Cn1nccc1C. The number of hydrogen-bond donors (Lipinski definition) is 0. The lowest BCUT2D eigenvalue weighted by Gasteiger charge is -2.05. The average molecular weight is 205 g/mol. The third-order valence-electron chi connectivity index (χ3n) is 2.35. The Morgan fingerprint density at radius 1 is 1.27 bits per heavy atom. The quantitative estimate of drug-likeness (QED) is 0.754. The third-order valence-corrected chi connectivity index (χ3v) is 2.35. The number of hydrogen-bond acceptors (Lipinski definition) is 3. The largest absolute Gasteiger partial charge is 0.262 e. The van der Waals surface area contributed by atoms with Crippen LogP contribution in [0.2, 0.25) is 0 Å². The molecule has 2 aromatic heterocycles. The summed E-state index contributed by atoms with van der Waals surface area (Å²) in [6.07, 6.45) is 4.47. The van der Waals surface area contributed by atoms with E-state index in [0.717, 1.165) is 24.5 Å². The Kier molecular flexibility index (Phi) is 2.80. The van der Waals surface area contributed by atoms with Gasteiger partial charge in [0.1, 0.15) is 18.7 Å². The second kappa shape index (κ2) is 4.25. The van der Waals surface area contributed by atoms with Gasteiger partial charge in [0, 0.05) is 18.4 Å². The minimum Gasteiger partial charge on any atom is -0.262 e. The first-order valence-corrected chi connectivity index (χ1v) is 5.16. The van der Waals surface area contributed by atoms with Gasteiger partial charge in [-0.15, -0.1) is 0 Å². The van der Waals surface area contributed by atoms with E-state index in [-0.39, 0.29) is 0 Å². The van der Waals surface area contributed by atoms with Crippen LogP contribution in [0.25, 0.3) is 0 Å². The second-order valence-corrected chi connectivity index (χ2v) is 3.53. The van der Waals surface area contributed by atoms with Crippen LogP contribution in [0.3, 0.4) is 0 Å². The summed E-state index contributed by atoms with van der Waals surface area (Å²) >= 11 is 0. The minimum atomic E-state index is 0.693. The van der Waals surface area contributed by atoms with Crippen molar-refractivity contribution in [2.75, 3.05) is 0 Å². The molecule has 0 aromatic carbocycles. The molecule has 0 spiro atoms. The molecule has 0 N–H and O–H groups in total. The molecule has 0 saturated heterocycles. The highest BCUT2D eigenvalue weighted by Gasteiger charge is 2.05. The van der Waals surface area contributed by atoms with E-state index in [4.69, 9.17) is 0 Å². The Morgan fingerprint density at radius 2 is 2.13 bits per heavy atom. The fraction of sp³-hybridized carbons (Fsp3) is 0.500. The Balaban J connectivity index is 2.17. The van der Waals surface area contributed by atoms with Crippen LogP contribution in [0.4, 0.5) is 0 Å². The van der Waals surface area contributed by atoms with E-state index in [0.29, 0.717) is 6.54 Å². The maximum absolute atomic E-state index is 4.24. The first-order valence-electron chi connectivity index (χ1n) is 5.16. The van der Waals surface area contributed by atoms with Crippen LogP contribution in [-0.2, 0) is 13.1 Å². The van der Waals surface area contributed by atoms with E-state index in [9.17, 15) is 0 Å². The predicted octanol–water partition coefficient (Wildman–Crippen LogP) is 1.24. The van der Waals surface area contributed by atoms with Crippen molar-refractivity contribution in [3.05, 3.63) is 30.1 Å². The molecule has 0 aliphatic carbocycles. The van der Waals surface area contributed by atoms with E-state index in [1.54, 1.807) is 12.5 Å². The molecule has 0 atom stereocenters. The van der Waals surface area contributed by atoms with Gasteiger partial charge in [0.25, 0.3) is 0 Å². The summed E-state index contributed by atoms with van der Waals surface area (Å²) in [5.41, 5.74) is 1.14. The van der Waals surface area contributed by atoms with Gasteiger partial charge in [-0.3, -0.25) is 4.68 Å². The molecule has 0 unspecified atom stereocenters. The molecule has 2 heterocycles. The van der Waals surface area contributed by atoms with Crippen molar-refractivity contribution >= 4 is 0 Å². The predicted molar refractivity (Wildman–Crippen MR) is 56.4 cm³/mol. The van der Waals surface area contributed by atoms with Crippen molar-refractivity contribution in [1.29, 1.82) is 0 Å². The smallest absolute Gasteiger partial charge is 0.148 e. The fourth-order valence-electron chi connectivity index (χ4n) is 1.51. The van der Waals surface area contributed by atoms with Gasteiger partial charge in [-0.05, 0) is 19.4 Å². The minimum absolute atomic E-state index is 0.693. The Labute approximate surface area is 88.7 Å². The maximum Gasteiger partial charge on any atom is 0.148 e. The molecule has 0 radical (unpaired) electrons. The van der Waals surface area contributed by atoms with Crippen LogP contribution in [-0.4, -0.2) is 24.5 Å². The standard InChI is InChI=1S/C10H15N5/c1-3-6-14-10(11-8-13-14)7-15-9(2)4-5-12-15/h4-5,8H,3,6-7H2,1-2H3. The van der Waals surface area contributed by atoms with Gasteiger partial charge in [0.15, 0.2) is 0 Å². The highest BCUT2D eigenvalue weighted by molar-refractivity contribution is 4.99. The van der Waals surface area contributed by atoms with E-state index < -0.39 is 0 Å². The topological polar surface area (TPSA) is 48.5 Å². The molecule has 5 heteroatoms. The molecule has 0 bridgehead atoms. The summed E-state index contributed by atoms with van der Waals surface area (Å²) in [5.74, 6) is 0.962. The van der Waals surface area contributed by atoms with Gasteiger partial charge in [-0.2, -0.15) is 10.2 Å². The summed E-state index contributed by atoms with van der Waals surface area (Å²) in [6.45, 7) is 5.77. The Bertz CT molecular complexity index is 428. The fourth-order valence-corrected chi connectivity index (χ4v) is 1.51. The van der Waals surface area contributed by atoms with Crippen molar-refractivity contribution in [2.24, 2.45) is 0 Å². The molecule has 0 amide bonds. The third kappa shape index (κ3) is 2.06. The summed E-state index contributed by atoms with van der Waals surface area (Å²) in [7, 11) is 0. The lowest BCUT2D eigenvalue weighted by molar-refractivity contribution is 0.535. The van der Waals surface area contributed by atoms with Gasteiger partial charge in [0.2, 0.25) is 0 Å². The monoisotopic (exact) mass is 205 g/mol. The number of aryl methyl sites for hydroxylation is 2. The molecule has 0 aliphatic heterocycles. The van der Waals surface area contributed by atoms with Crippen LogP contribution in [0.15, 0.2) is 18.6 Å². The molecule has 5 nitrogen and oxygen atoms in total. The molecule has 0 aliphatic rings. The number of nitrogens with zero attached hydrogens (tertiary/aromatic N) is 5. The summed E-state index contributed by atoms with van der Waals surface area (Å²) in [4.78, 5) is 4.24. The van der Waals surface area contributed by atoms with Crippen molar-refractivity contribution in [3.63, 3.8) is 0 Å². The van der Waals surface area contributed by atoms with Crippen LogP contribution in [0.1, 0.15) is 24.9 Å². The van der Waals surface area contributed by atoms with Crippen LogP contribution < -0.4 is 0 Å². The van der Waals surface area contributed by atoms with Crippen molar-refractivity contribution in [2.45, 2.75) is 33.4 Å². The van der Waals surface area contributed by atoms with Gasteiger partial charge in [0.05, 0.1) is 0 Å². The number of aromatic nitrogens is 5. The first kappa shape index (κ1) is 9.89. The second-order valence-electron chi connectivity index (χ2n) is 3.53. The lowest BCUT2D eigenvalue weighted by atomic mass is 10.4. The van der Waals surface area contributed by atoms with Gasteiger partial charge >= 0.3 is 0 Å². The molecule has 0 saturated carbocycles. The van der Waals surface area contributed by atoms with Crippen molar-refractivity contribution < 1.29 is 0 Å². The first-order chi connectivity index (χ1) is 7.31. The maximum atomic E-state index is 4.24. The molecule has 2 rings (SSSR count). The zero-order valence-corrected chi connectivity index (χ0v) is 9.09. The molecule has 0 fully saturated rings. The van der Waals surface area contributed by atoms with E-state index in [1.165, 1.54) is 0 Å².